The normalized spacial score (nSPS) is 11.4. The van der Waals surface area contributed by atoms with Gasteiger partial charge in [0.15, 0.2) is 5.60 Å². The summed E-state index contributed by atoms with van der Waals surface area (Å²) in [5.41, 5.74) is 2.24. The van der Waals surface area contributed by atoms with Crippen molar-refractivity contribution < 1.29 is 24.2 Å². The van der Waals surface area contributed by atoms with Gasteiger partial charge in [0.2, 0.25) is 0 Å². The summed E-state index contributed by atoms with van der Waals surface area (Å²) in [6, 6.07) is 16.7. The van der Waals surface area contributed by atoms with Gasteiger partial charge in [0, 0.05) is 16.3 Å². The highest BCUT2D eigenvalue weighted by Crippen LogP contribution is 2.33. The van der Waals surface area contributed by atoms with Gasteiger partial charge in [0.1, 0.15) is 17.2 Å². The molecule has 0 aliphatic heterocycles. The molecule has 6 nitrogen and oxygen atoms in total. The number of carboxylic acids is 1. The molecule has 192 valence electrons. The van der Waals surface area contributed by atoms with Crippen molar-refractivity contribution in [1.82, 2.24) is 5.32 Å². The number of benzene rings is 3. The molecule has 0 saturated carbocycles. The number of carbonyl (C=O) groups excluding carboxylic acids is 1. The van der Waals surface area contributed by atoms with Crippen molar-refractivity contribution in [3.05, 3.63) is 86.8 Å². The minimum absolute atomic E-state index is 0.130. The molecule has 0 bridgehead atoms. The SMILES string of the molecule is Cc1cc(CNC(=O)c2sc3ccc(Cl)cc3c2C)cc(Oc2ccc(OC(C)(C)C(=O)O)c(C)c2)c1. The first-order chi connectivity index (χ1) is 17.4. The Morgan fingerprint density at radius 2 is 1.76 bits per heavy atom. The third kappa shape index (κ3) is 6.06. The molecular formula is C29H28ClNO5S. The van der Waals surface area contributed by atoms with Crippen molar-refractivity contribution in [2.45, 2.75) is 46.8 Å². The fraction of sp³-hybridized carbons (Fsp3) is 0.241. The molecule has 37 heavy (non-hydrogen) atoms. The number of halogens is 1. The van der Waals surface area contributed by atoms with Crippen LogP contribution in [0.4, 0.5) is 0 Å². The molecule has 0 atom stereocenters. The van der Waals surface area contributed by atoms with Gasteiger partial charge in [-0.2, -0.15) is 0 Å². The van der Waals surface area contributed by atoms with Gasteiger partial charge in [-0.1, -0.05) is 17.7 Å². The number of hydrogen-bond donors (Lipinski definition) is 2. The smallest absolute Gasteiger partial charge is 0.347 e. The zero-order chi connectivity index (χ0) is 26.9. The average Bonchev–Trinajstić information content (AvgIpc) is 3.14. The van der Waals surface area contributed by atoms with Crippen LogP contribution in [-0.4, -0.2) is 22.6 Å². The van der Waals surface area contributed by atoms with E-state index in [9.17, 15) is 14.7 Å². The van der Waals surface area contributed by atoms with E-state index < -0.39 is 11.6 Å². The number of aryl methyl sites for hydroxylation is 3. The van der Waals surface area contributed by atoms with E-state index in [1.165, 1.54) is 25.2 Å². The average molecular weight is 538 g/mol. The van der Waals surface area contributed by atoms with Crippen LogP contribution in [0.1, 0.15) is 45.8 Å². The molecule has 2 N–H and O–H groups in total. The van der Waals surface area contributed by atoms with Crippen LogP contribution in [0.2, 0.25) is 5.02 Å². The van der Waals surface area contributed by atoms with Crippen molar-refractivity contribution in [3.8, 4) is 17.2 Å². The van der Waals surface area contributed by atoms with Crippen molar-refractivity contribution in [3.63, 3.8) is 0 Å². The van der Waals surface area contributed by atoms with Crippen molar-refractivity contribution in [1.29, 1.82) is 0 Å². The van der Waals surface area contributed by atoms with Crippen LogP contribution in [0.3, 0.4) is 0 Å². The Kier molecular flexibility index (Phi) is 7.48. The molecule has 4 rings (SSSR count). The predicted molar refractivity (Wildman–Crippen MR) is 148 cm³/mol. The summed E-state index contributed by atoms with van der Waals surface area (Å²) >= 11 is 7.58. The number of rotatable bonds is 8. The maximum Gasteiger partial charge on any atom is 0.347 e. The molecule has 0 aliphatic carbocycles. The fourth-order valence-electron chi connectivity index (χ4n) is 3.91. The number of carboxylic acid groups (broad SMARTS) is 1. The van der Waals surface area contributed by atoms with Crippen LogP contribution in [0.5, 0.6) is 17.2 Å². The van der Waals surface area contributed by atoms with Gasteiger partial charge < -0.3 is 19.9 Å². The number of thiophene rings is 1. The van der Waals surface area contributed by atoms with Gasteiger partial charge in [0.25, 0.3) is 5.91 Å². The van der Waals surface area contributed by atoms with Gasteiger partial charge >= 0.3 is 5.97 Å². The van der Waals surface area contributed by atoms with Crippen LogP contribution in [0, 0.1) is 20.8 Å². The number of aliphatic carboxylic acids is 1. The predicted octanol–water partition coefficient (Wildman–Crippen LogP) is 7.44. The largest absolute Gasteiger partial charge is 0.478 e. The van der Waals surface area contributed by atoms with Gasteiger partial charge in [0.05, 0.1) is 4.88 Å². The Labute approximate surface area is 224 Å². The summed E-state index contributed by atoms with van der Waals surface area (Å²) < 4.78 is 12.8. The summed E-state index contributed by atoms with van der Waals surface area (Å²) in [5, 5.41) is 14.0. The van der Waals surface area contributed by atoms with Crippen LogP contribution in [0.25, 0.3) is 10.1 Å². The Balaban J connectivity index is 1.46. The van der Waals surface area contributed by atoms with Crippen molar-refractivity contribution >= 4 is 44.9 Å². The van der Waals surface area contributed by atoms with E-state index in [0.717, 1.165) is 32.3 Å². The Morgan fingerprint density at radius 3 is 2.46 bits per heavy atom. The summed E-state index contributed by atoms with van der Waals surface area (Å²) in [4.78, 5) is 25.0. The number of hydrogen-bond acceptors (Lipinski definition) is 5. The monoisotopic (exact) mass is 537 g/mol. The van der Waals surface area contributed by atoms with Crippen LogP contribution >= 0.6 is 22.9 Å². The van der Waals surface area contributed by atoms with E-state index in [-0.39, 0.29) is 5.91 Å². The summed E-state index contributed by atoms with van der Waals surface area (Å²) in [6.45, 7) is 9.09. The highest BCUT2D eigenvalue weighted by molar-refractivity contribution is 7.21. The van der Waals surface area contributed by atoms with E-state index in [1.807, 2.05) is 57.2 Å². The molecule has 0 radical (unpaired) electrons. The first-order valence-electron chi connectivity index (χ1n) is 11.7. The van der Waals surface area contributed by atoms with Crippen LogP contribution in [-0.2, 0) is 11.3 Å². The Bertz CT molecular complexity index is 1510. The topological polar surface area (TPSA) is 84.9 Å². The zero-order valence-electron chi connectivity index (χ0n) is 21.3. The summed E-state index contributed by atoms with van der Waals surface area (Å²) in [6.07, 6.45) is 0. The molecule has 0 saturated heterocycles. The first-order valence-corrected chi connectivity index (χ1v) is 12.9. The number of fused-ring (bicyclic) bond motifs is 1. The molecule has 4 aromatic rings. The van der Waals surface area contributed by atoms with E-state index in [0.29, 0.717) is 33.7 Å². The second-order valence-corrected chi connectivity index (χ2v) is 11.0. The minimum Gasteiger partial charge on any atom is -0.478 e. The lowest BCUT2D eigenvalue weighted by Crippen LogP contribution is -2.38. The molecule has 1 amide bonds. The lowest BCUT2D eigenvalue weighted by Gasteiger charge is -2.23. The molecule has 3 aromatic carbocycles. The van der Waals surface area contributed by atoms with Crippen molar-refractivity contribution in [2.75, 3.05) is 0 Å². The minimum atomic E-state index is -1.34. The molecule has 8 heteroatoms. The first kappa shape index (κ1) is 26.5. The van der Waals surface area contributed by atoms with Crippen LogP contribution in [0.15, 0.2) is 54.6 Å². The standard InChI is InChI=1S/C29H28ClNO5S/c1-16-10-19(15-31-27(32)26-18(3)23-14-20(30)6-9-25(23)37-26)13-22(11-16)35-21-7-8-24(17(2)12-21)36-29(4,5)28(33)34/h6-14H,15H2,1-5H3,(H,31,32)(H,33,34). The van der Waals surface area contributed by atoms with Gasteiger partial charge in [-0.05, 0) is 111 Å². The lowest BCUT2D eigenvalue weighted by atomic mass is 10.1. The second kappa shape index (κ2) is 10.4. The molecule has 0 spiro atoms. The van der Waals surface area contributed by atoms with E-state index >= 15 is 0 Å². The van der Waals surface area contributed by atoms with Gasteiger partial charge in [-0.15, -0.1) is 11.3 Å². The van der Waals surface area contributed by atoms with Gasteiger partial charge in [-0.3, -0.25) is 4.79 Å². The van der Waals surface area contributed by atoms with Crippen LogP contribution < -0.4 is 14.8 Å². The number of carbonyl (C=O) groups is 2. The molecule has 0 aliphatic rings. The summed E-state index contributed by atoms with van der Waals surface area (Å²) in [5.74, 6) is 0.535. The number of nitrogens with one attached hydrogen (secondary N) is 1. The van der Waals surface area contributed by atoms with Gasteiger partial charge in [-0.25, -0.2) is 4.79 Å². The lowest BCUT2D eigenvalue weighted by molar-refractivity contribution is -0.152. The molecule has 1 heterocycles. The van der Waals surface area contributed by atoms with Crippen molar-refractivity contribution in [2.24, 2.45) is 0 Å². The Hall–Kier alpha value is -3.55. The fourth-order valence-corrected chi connectivity index (χ4v) is 5.19. The highest BCUT2D eigenvalue weighted by Gasteiger charge is 2.30. The highest BCUT2D eigenvalue weighted by atomic mass is 35.5. The number of amides is 1. The van der Waals surface area contributed by atoms with E-state index in [1.54, 1.807) is 18.2 Å². The Morgan fingerprint density at radius 1 is 1.00 bits per heavy atom. The maximum atomic E-state index is 13.0. The van der Waals surface area contributed by atoms with E-state index in [4.69, 9.17) is 21.1 Å². The molecule has 0 unspecified atom stereocenters. The second-order valence-electron chi connectivity index (χ2n) is 9.48. The molecular weight excluding hydrogens is 510 g/mol. The zero-order valence-corrected chi connectivity index (χ0v) is 22.8. The molecule has 0 fully saturated rings. The quantitative estimate of drug-likeness (QED) is 0.244. The third-order valence-corrected chi connectivity index (χ3v) is 7.44. The van der Waals surface area contributed by atoms with E-state index in [2.05, 4.69) is 5.32 Å². The maximum absolute atomic E-state index is 13.0. The summed E-state index contributed by atoms with van der Waals surface area (Å²) in [7, 11) is 0. The third-order valence-electron chi connectivity index (χ3n) is 5.93. The molecule has 1 aromatic heterocycles. The number of ether oxygens (including phenoxy) is 2.